The van der Waals surface area contributed by atoms with E-state index in [1.54, 1.807) is 24.3 Å². The normalized spacial score (nSPS) is 14.8. The molecule has 136 valence electrons. The topological polar surface area (TPSA) is 110 Å². The monoisotopic (exact) mass is 375 g/mol. The number of phenols is 1. The van der Waals surface area contributed by atoms with Crippen LogP contribution in [0.4, 0.5) is 0 Å². The number of phenolic OH excluding ortho intramolecular Hbond substituents is 1. The Balaban J connectivity index is 1.72. The van der Waals surface area contributed by atoms with E-state index in [0.29, 0.717) is 28.3 Å². The van der Waals surface area contributed by atoms with Gasteiger partial charge in [0.05, 0.1) is 32.7 Å². The molecule has 0 unspecified atom stereocenters. The summed E-state index contributed by atoms with van der Waals surface area (Å²) in [6, 6.07) is 9.58. The van der Waals surface area contributed by atoms with Crippen LogP contribution in [0, 0.1) is 0 Å². The molecule has 0 atom stereocenters. The Kier molecular flexibility index (Phi) is 4.81. The Morgan fingerprint density at radius 1 is 1.19 bits per heavy atom. The molecule has 0 amide bonds. The van der Waals surface area contributed by atoms with E-state index in [-0.39, 0.29) is 17.2 Å². The smallest absolute Gasteiger partial charge is 0.283 e. The van der Waals surface area contributed by atoms with Gasteiger partial charge in [-0.3, -0.25) is 0 Å². The van der Waals surface area contributed by atoms with E-state index >= 15 is 0 Å². The first-order valence-corrected chi connectivity index (χ1v) is 9.04. The first-order valence-electron chi connectivity index (χ1n) is 7.60. The number of ether oxygens (including phenoxy) is 2. The van der Waals surface area contributed by atoms with E-state index in [4.69, 9.17) is 9.47 Å². The molecule has 0 radical (unpaired) electrons. The molecule has 1 aliphatic rings. The van der Waals surface area contributed by atoms with Gasteiger partial charge in [0.25, 0.3) is 10.0 Å². The van der Waals surface area contributed by atoms with E-state index in [0.717, 1.165) is 0 Å². The van der Waals surface area contributed by atoms with Crippen LogP contribution in [-0.2, 0) is 10.0 Å². The van der Waals surface area contributed by atoms with Crippen LogP contribution < -0.4 is 14.9 Å². The summed E-state index contributed by atoms with van der Waals surface area (Å²) >= 11 is 0. The highest BCUT2D eigenvalue weighted by molar-refractivity contribution is 7.90. The van der Waals surface area contributed by atoms with Crippen LogP contribution in [0.1, 0.15) is 11.1 Å². The van der Waals surface area contributed by atoms with Crippen LogP contribution in [0.25, 0.3) is 0 Å². The largest absolute Gasteiger partial charge is 0.504 e. The molecular weight excluding hydrogens is 358 g/mol. The zero-order chi connectivity index (χ0) is 18.7. The van der Waals surface area contributed by atoms with Crippen molar-refractivity contribution >= 4 is 21.9 Å². The number of nitrogens with zero attached hydrogens (tertiary/aromatic N) is 2. The first kappa shape index (κ1) is 17.7. The molecule has 2 aromatic rings. The third-order valence-corrected chi connectivity index (χ3v) is 5.12. The average molecular weight is 375 g/mol. The third kappa shape index (κ3) is 3.47. The Morgan fingerprint density at radius 2 is 2.00 bits per heavy atom. The van der Waals surface area contributed by atoms with Gasteiger partial charge in [0.2, 0.25) is 0 Å². The summed E-state index contributed by atoms with van der Waals surface area (Å²) in [6.07, 6.45) is 1.53. The Hall–Kier alpha value is -3.07. The van der Waals surface area contributed by atoms with Gasteiger partial charge in [-0.1, -0.05) is 0 Å². The van der Waals surface area contributed by atoms with Crippen molar-refractivity contribution in [1.82, 2.24) is 5.43 Å². The fourth-order valence-electron chi connectivity index (χ4n) is 2.47. The van der Waals surface area contributed by atoms with Gasteiger partial charge in [-0.2, -0.15) is 17.9 Å². The van der Waals surface area contributed by atoms with Crippen molar-refractivity contribution in [3.05, 3.63) is 47.5 Å². The number of hydrazone groups is 1. The van der Waals surface area contributed by atoms with E-state index in [1.807, 2.05) is 0 Å². The quantitative estimate of drug-likeness (QED) is 0.585. The summed E-state index contributed by atoms with van der Waals surface area (Å²) in [5.74, 6) is 0.828. The van der Waals surface area contributed by atoms with Gasteiger partial charge < -0.3 is 20.0 Å². The fraction of sp³-hybridized carbons (Fsp3) is 0.176. The fourth-order valence-corrected chi connectivity index (χ4v) is 3.75. The van der Waals surface area contributed by atoms with Gasteiger partial charge in [0.15, 0.2) is 11.5 Å². The number of aromatic hydroxyl groups is 1. The second-order valence-electron chi connectivity index (χ2n) is 5.40. The maximum Gasteiger partial charge on any atom is 0.283 e. The molecule has 1 heterocycles. The van der Waals surface area contributed by atoms with Gasteiger partial charge in [-0.15, -0.1) is 0 Å². The summed E-state index contributed by atoms with van der Waals surface area (Å²) in [5.41, 5.74) is 4.39. The first-order chi connectivity index (χ1) is 12.4. The van der Waals surface area contributed by atoms with E-state index in [2.05, 4.69) is 14.9 Å². The van der Waals surface area contributed by atoms with Crippen LogP contribution in [0.3, 0.4) is 0 Å². The SMILES string of the molecule is COc1ccc2c(c1)S(=O)(=O)N=C2CN/N=C/c1ccc(O)c(OC)c1. The third-order valence-electron chi connectivity index (χ3n) is 3.76. The van der Waals surface area contributed by atoms with Crippen LogP contribution in [0.2, 0.25) is 0 Å². The van der Waals surface area contributed by atoms with E-state index in [1.165, 1.54) is 32.6 Å². The molecule has 2 aromatic carbocycles. The molecule has 3 rings (SSSR count). The van der Waals surface area contributed by atoms with Crippen molar-refractivity contribution in [2.45, 2.75) is 4.90 Å². The zero-order valence-corrected chi connectivity index (χ0v) is 14.9. The number of hydrogen-bond donors (Lipinski definition) is 2. The van der Waals surface area contributed by atoms with Gasteiger partial charge in [0.1, 0.15) is 10.6 Å². The molecule has 0 saturated heterocycles. The highest BCUT2D eigenvalue weighted by Crippen LogP contribution is 2.29. The Morgan fingerprint density at radius 3 is 2.73 bits per heavy atom. The van der Waals surface area contributed by atoms with Crippen molar-refractivity contribution in [2.24, 2.45) is 9.50 Å². The number of rotatable bonds is 6. The predicted octanol–water partition coefficient (Wildman–Crippen LogP) is 1.52. The Labute approximate surface area is 150 Å². The van der Waals surface area contributed by atoms with Crippen LogP contribution in [0.5, 0.6) is 17.2 Å². The minimum Gasteiger partial charge on any atom is -0.504 e. The number of fused-ring (bicyclic) bond motifs is 1. The predicted molar refractivity (Wildman–Crippen MR) is 97.0 cm³/mol. The summed E-state index contributed by atoms with van der Waals surface area (Å²) in [4.78, 5) is 0.126. The number of hydrogen-bond acceptors (Lipinski definition) is 7. The van der Waals surface area contributed by atoms with Gasteiger partial charge >= 0.3 is 0 Å². The lowest BCUT2D eigenvalue weighted by Gasteiger charge is -2.05. The minimum atomic E-state index is -3.72. The van der Waals surface area contributed by atoms with E-state index in [9.17, 15) is 13.5 Å². The summed E-state index contributed by atoms with van der Waals surface area (Å²) in [6.45, 7) is 0.143. The van der Waals surface area contributed by atoms with Gasteiger partial charge in [-0.05, 0) is 35.9 Å². The molecule has 0 bridgehead atoms. The molecule has 8 nitrogen and oxygen atoms in total. The van der Waals surface area contributed by atoms with Gasteiger partial charge in [-0.25, -0.2) is 0 Å². The molecule has 0 spiro atoms. The highest BCUT2D eigenvalue weighted by Gasteiger charge is 2.29. The van der Waals surface area contributed by atoms with Crippen LogP contribution >= 0.6 is 0 Å². The molecular formula is C17H17N3O5S. The summed E-state index contributed by atoms with van der Waals surface area (Å²) < 4.78 is 38.2. The minimum absolute atomic E-state index is 0.0372. The number of benzene rings is 2. The molecule has 0 fully saturated rings. The second kappa shape index (κ2) is 7.04. The lowest BCUT2D eigenvalue weighted by molar-refractivity contribution is 0.373. The van der Waals surface area contributed by atoms with Crippen LogP contribution in [-0.4, -0.2) is 46.2 Å². The Bertz CT molecular complexity index is 999. The lowest BCUT2D eigenvalue weighted by atomic mass is 10.1. The van der Waals surface area contributed by atoms with Crippen molar-refractivity contribution in [3.63, 3.8) is 0 Å². The maximum atomic E-state index is 12.1. The molecule has 1 aliphatic heterocycles. The number of methoxy groups -OCH3 is 2. The molecule has 2 N–H and O–H groups in total. The molecule has 9 heteroatoms. The number of nitrogens with one attached hydrogen (secondary N) is 1. The van der Waals surface area contributed by atoms with Crippen molar-refractivity contribution < 1.29 is 23.0 Å². The zero-order valence-electron chi connectivity index (χ0n) is 14.1. The van der Waals surface area contributed by atoms with Crippen molar-refractivity contribution in [3.8, 4) is 17.2 Å². The maximum absolute atomic E-state index is 12.1. The lowest BCUT2D eigenvalue weighted by Crippen LogP contribution is -2.18. The van der Waals surface area contributed by atoms with Crippen molar-refractivity contribution in [1.29, 1.82) is 0 Å². The van der Waals surface area contributed by atoms with Gasteiger partial charge in [0, 0.05) is 11.6 Å². The number of sulfonamides is 1. The molecule has 26 heavy (non-hydrogen) atoms. The van der Waals surface area contributed by atoms with Crippen LogP contribution in [0.15, 0.2) is 50.8 Å². The summed E-state index contributed by atoms with van der Waals surface area (Å²) in [7, 11) is -0.789. The molecule has 0 aromatic heterocycles. The summed E-state index contributed by atoms with van der Waals surface area (Å²) in [5, 5.41) is 13.6. The second-order valence-corrected chi connectivity index (χ2v) is 6.97. The molecule has 0 aliphatic carbocycles. The highest BCUT2D eigenvalue weighted by atomic mass is 32.2. The van der Waals surface area contributed by atoms with Crippen molar-refractivity contribution in [2.75, 3.05) is 20.8 Å². The standard InChI is InChI=1S/C17H17N3O5S/c1-24-12-4-5-13-14(20-26(22,23)17(13)8-12)10-19-18-9-11-3-6-15(21)16(7-11)25-2/h3-9,19,21H,10H2,1-2H3/b18-9+. The van der Waals surface area contributed by atoms with E-state index < -0.39 is 10.0 Å². The average Bonchev–Trinajstić information content (AvgIpc) is 2.90. The molecule has 0 saturated carbocycles.